The second kappa shape index (κ2) is 9.47. The average Bonchev–Trinajstić information content (AvgIpc) is 3.00. The van der Waals surface area contributed by atoms with Gasteiger partial charge in [0.25, 0.3) is 5.91 Å². The summed E-state index contributed by atoms with van der Waals surface area (Å²) in [5, 5.41) is 12.4. The largest absolute Gasteiger partial charge is 0.494 e. The topological polar surface area (TPSA) is 67.0 Å². The zero-order chi connectivity index (χ0) is 21.7. The number of halogens is 1. The minimum Gasteiger partial charge on any atom is -0.494 e. The van der Waals surface area contributed by atoms with Gasteiger partial charge in [-0.25, -0.2) is 0 Å². The van der Waals surface area contributed by atoms with Crippen LogP contribution in [0, 0.1) is 25.2 Å². The first-order valence-corrected chi connectivity index (χ1v) is 10.3. The van der Waals surface area contributed by atoms with Crippen LogP contribution in [0.25, 0.3) is 11.8 Å². The molecule has 0 unspecified atom stereocenters. The molecule has 0 fully saturated rings. The summed E-state index contributed by atoms with van der Waals surface area (Å²) in [5.74, 6) is 0.201. The zero-order valence-electron chi connectivity index (χ0n) is 17.1. The Labute approximate surface area is 184 Å². The van der Waals surface area contributed by atoms with Crippen molar-refractivity contribution in [2.45, 2.75) is 20.8 Å². The highest BCUT2D eigenvalue weighted by Gasteiger charge is 2.15. The van der Waals surface area contributed by atoms with Gasteiger partial charge in [0.15, 0.2) is 0 Å². The molecule has 0 aliphatic heterocycles. The molecule has 3 rings (SSSR count). The van der Waals surface area contributed by atoms with Crippen LogP contribution in [-0.2, 0) is 4.79 Å². The molecule has 1 aromatic heterocycles. The van der Waals surface area contributed by atoms with E-state index in [-0.39, 0.29) is 5.57 Å². The van der Waals surface area contributed by atoms with Crippen LogP contribution < -0.4 is 10.1 Å². The molecule has 0 saturated carbocycles. The number of hydrogen-bond donors (Lipinski definition) is 1. The number of rotatable bonds is 6. The lowest BCUT2D eigenvalue weighted by atomic mass is 10.1. The van der Waals surface area contributed by atoms with Gasteiger partial charge < -0.3 is 14.6 Å². The first-order chi connectivity index (χ1) is 14.4. The number of nitriles is 1. The molecule has 0 saturated heterocycles. The zero-order valence-corrected chi connectivity index (χ0v) is 18.7. The van der Waals surface area contributed by atoms with Gasteiger partial charge in [-0.3, -0.25) is 4.79 Å². The van der Waals surface area contributed by atoms with Gasteiger partial charge in [0, 0.05) is 27.6 Å². The molecule has 0 aliphatic carbocycles. The molecule has 30 heavy (non-hydrogen) atoms. The Morgan fingerprint density at radius 1 is 1.20 bits per heavy atom. The lowest BCUT2D eigenvalue weighted by Gasteiger charge is -2.11. The lowest BCUT2D eigenvalue weighted by Crippen LogP contribution is -2.13. The predicted octanol–water partition coefficient (Wildman–Crippen LogP) is 5.80. The maximum absolute atomic E-state index is 12.7. The van der Waals surface area contributed by atoms with Crippen LogP contribution in [0.2, 0.25) is 0 Å². The number of amides is 1. The maximum Gasteiger partial charge on any atom is 0.266 e. The number of ether oxygens (including phenoxy) is 1. The summed E-state index contributed by atoms with van der Waals surface area (Å²) in [7, 11) is 0. The molecule has 6 heteroatoms. The number of benzene rings is 2. The molecule has 0 radical (unpaired) electrons. The van der Waals surface area contributed by atoms with Crippen LogP contribution >= 0.6 is 15.9 Å². The van der Waals surface area contributed by atoms with E-state index in [4.69, 9.17) is 4.74 Å². The highest BCUT2D eigenvalue weighted by molar-refractivity contribution is 9.10. The summed E-state index contributed by atoms with van der Waals surface area (Å²) in [5.41, 5.74) is 4.38. The first kappa shape index (κ1) is 21.4. The number of carbonyl (C=O) groups excluding carboxylic acids is 1. The van der Waals surface area contributed by atoms with Crippen LogP contribution in [-0.4, -0.2) is 17.1 Å². The Kier molecular flexibility index (Phi) is 6.76. The Balaban J connectivity index is 1.91. The van der Waals surface area contributed by atoms with Gasteiger partial charge in [-0.15, -0.1) is 0 Å². The fourth-order valence-electron chi connectivity index (χ4n) is 3.27. The third kappa shape index (κ3) is 4.64. The van der Waals surface area contributed by atoms with Crippen molar-refractivity contribution >= 4 is 33.6 Å². The van der Waals surface area contributed by atoms with E-state index in [2.05, 4.69) is 25.8 Å². The van der Waals surface area contributed by atoms with Crippen molar-refractivity contribution in [3.05, 3.63) is 81.6 Å². The molecular formula is C24H22BrN3O2. The van der Waals surface area contributed by atoms with Crippen molar-refractivity contribution in [2.75, 3.05) is 11.9 Å². The molecule has 3 aromatic rings. The van der Waals surface area contributed by atoms with Gasteiger partial charge in [0.05, 0.1) is 12.3 Å². The highest BCUT2D eigenvalue weighted by atomic mass is 79.9. The quantitative estimate of drug-likeness (QED) is 0.370. The second-order valence-corrected chi connectivity index (χ2v) is 7.55. The molecule has 152 valence electrons. The van der Waals surface area contributed by atoms with Crippen LogP contribution in [0.5, 0.6) is 5.75 Å². The highest BCUT2D eigenvalue weighted by Crippen LogP contribution is 2.28. The van der Waals surface area contributed by atoms with Gasteiger partial charge in [-0.2, -0.15) is 5.26 Å². The predicted molar refractivity (Wildman–Crippen MR) is 123 cm³/mol. The van der Waals surface area contributed by atoms with Gasteiger partial charge in [0.2, 0.25) is 0 Å². The molecular weight excluding hydrogens is 442 g/mol. The minimum absolute atomic E-state index is 0.0317. The fraction of sp³-hybridized carbons (Fsp3) is 0.167. The van der Waals surface area contributed by atoms with Crippen molar-refractivity contribution in [3.8, 4) is 17.5 Å². The molecule has 0 spiro atoms. The summed E-state index contributed by atoms with van der Waals surface area (Å²) in [6, 6.07) is 19.0. The Morgan fingerprint density at radius 3 is 2.67 bits per heavy atom. The average molecular weight is 464 g/mol. The monoisotopic (exact) mass is 463 g/mol. The molecule has 0 atom stereocenters. The smallest absolute Gasteiger partial charge is 0.266 e. The molecule has 0 aliphatic rings. The number of aromatic nitrogens is 1. The fourth-order valence-corrected chi connectivity index (χ4v) is 3.73. The standard InChI is InChI=1S/C24H22BrN3O2/c1-4-30-21-9-7-8-20(14-21)27-24(29)19(15-26)13-18-12-16(2)28(17(18)3)23-11-6-5-10-22(23)25/h5-14H,4H2,1-3H3,(H,27,29)/b19-13-. The summed E-state index contributed by atoms with van der Waals surface area (Å²) >= 11 is 3.59. The summed E-state index contributed by atoms with van der Waals surface area (Å²) in [4.78, 5) is 12.7. The normalized spacial score (nSPS) is 11.1. The van der Waals surface area contributed by atoms with E-state index in [0.29, 0.717) is 18.0 Å². The van der Waals surface area contributed by atoms with Crippen LogP contribution in [0.4, 0.5) is 5.69 Å². The third-order valence-corrected chi connectivity index (χ3v) is 5.30. The van der Waals surface area contributed by atoms with E-state index < -0.39 is 5.91 Å². The Hall–Kier alpha value is -3.30. The molecule has 2 aromatic carbocycles. The number of para-hydroxylation sites is 1. The second-order valence-electron chi connectivity index (χ2n) is 6.70. The van der Waals surface area contributed by atoms with Crippen molar-refractivity contribution in [2.24, 2.45) is 0 Å². The third-order valence-electron chi connectivity index (χ3n) is 4.63. The molecule has 0 bridgehead atoms. The summed E-state index contributed by atoms with van der Waals surface area (Å²) < 4.78 is 8.52. The first-order valence-electron chi connectivity index (χ1n) is 9.54. The van der Waals surface area contributed by atoms with Crippen LogP contribution in [0.1, 0.15) is 23.9 Å². The molecule has 5 nitrogen and oxygen atoms in total. The number of nitrogens with one attached hydrogen (secondary N) is 1. The van der Waals surface area contributed by atoms with Crippen molar-refractivity contribution in [1.29, 1.82) is 5.26 Å². The Morgan fingerprint density at radius 2 is 1.97 bits per heavy atom. The van der Waals surface area contributed by atoms with E-state index in [0.717, 1.165) is 27.1 Å². The van der Waals surface area contributed by atoms with Crippen molar-refractivity contribution < 1.29 is 9.53 Å². The van der Waals surface area contributed by atoms with E-state index in [9.17, 15) is 10.1 Å². The SMILES string of the molecule is CCOc1cccc(NC(=O)/C(C#N)=C\c2cc(C)n(-c3ccccc3Br)c2C)c1. The van der Waals surface area contributed by atoms with Crippen LogP contribution in [0.3, 0.4) is 0 Å². The van der Waals surface area contributed by atoms with Gasteiger partial charge in [-0.05, 0) is 78.7 Å². The lowest BCUT2D eigenvalue weighted by molar-refractivity contribution is -0.112. The molecule has 1 N–H and O–H groups in total. The number of nitrogens with zero attached hydrogens (tertiary/aromatic N) is 2. The van der Waals surface area contributed by atoms with Crippen LogP contribution in [0.15, 0.2) is 64.6 Å². The van der Waals surface area contributed by atoms with E-state index >= 15 is 0 Å². The van der Waals surface area contributed by atoms with E-state index in [1.807, 2.05) is 63.2 Å². The van der Waals surface area contributed by atoms with Crippen molar-refractivity contribution in [1.82, 2.24) is 4.57 Å². The number of aryl methyl sites for hydroxylation is 1. The number of carbonyl (C=O) groups is 1. The maximum atomic E-state index is 12.7. The van der Waals surface area contributed by atoms with Gasteiger partial charge in [-0.1, -0.05) is 18.2 Å². The Bertz CT molecular complexity index is 1160. The summed E-state index contributed by atoms with van der Waals surface area (Å²) in [6.45, 7) is 6.39. The van der Waals surface area contributed by atoms with Gasteiger partial charge >= 0.3 is 0 Å². The van der Waals surface area contributed by atoms with Crippen molar-refractivity contribution in [3.63, 3.8) is 0 Å². The minimum atomic E-state index is -0.461. The van der Waals surface area contributed by atoms with E-state index in [1.165, 1.54) is 0 Å². The number of anilines is 1. The van der Waals surface area contributed by atoms with Gasteiger partial charge in [0.1, 0.15) is 17.4 Å². The molecule has 1 amide bonds. The van der Waals surface area contributed by atoms with E-state index in [1.54, 1.807) is 24.3 Å². The summed E-state index contributed by atoms with van der Waals surface area (Å²) in [6.07, 6.45) is 1.62. The number of hydrogen-bond acceptors (Lipinski definition) is 3. The molecule has 1 heterocycles.